The molecule has 5 heteroatoms. The fraction of sp³-hybridized carbons (Fsp3) is 0.273. The molecule has 0 saturated heterocycles. The van der Waals surface area contributed by atoms with Crippen molar-refractivity contribution < 1.29 is 9.84 Å². The van der Waals surface area contributed by atoms with Crippen molar-refractivity contribution in [2.24, 2.45) is 7.05 Å². The molecule has 0 bridgehead atoms. The van der Waals surface area contributed by atoms with Crippen molar-refractivity contribution in [1.29, 1.82) is 0 Å². The Labute approximate surface area is 93.3 Å². The molecule has 0 atom stereocenters. The third-order valence-corrected chi connectivity index (χ3v) is 2.42. The number of aromatic nitrogens is 3. The van der Waals surface area contributed by atoms with E-state index in [0.717, 1.165) is 11.4 Å². The summed E-state index contributed by atoms with van der Waals surface area (Å²) in [6, 6.07) is 5.18. The lowest BCUT2D eigenvalue weighted by atomic mass is 10.2. The molecule has 0 spiro atoms. The number of phenols is 1. The van der Waals surface area contributed by atoms with E-state index in [9.17, 15) is 5.11 Å². The fourth-order valence-electron chi connectivity index (χ4n) is 1.34. The normalized spacial score (nSPS) is 10.4. The zero-order valence-corrected chi connectivity index (χ0v) is 9.21. The monoisotopic (exact) mass is 219 g/mol. The van der Waals surface area contributed by atoms with Crippen molar-refractivity contribution in [1.82, 2.24) is 14.8 Å². The Kier molecular flexibility index (Phi) is 2.76. The third kappa shape index (κ3) is 1.98. The molecule has 84 valence electrons. The summed E-state index contributed by atoms with van der Waals surface area (Å²) in [5.41, 5.74) is 0.727. The van der Waals surface area contributed by atoms with Crippen molar-refractivity contribution in [2.45, 2.75) is 13.5 Å². The van der Waals surface area contributed by atoms with Crippen LogP contribution in [0.4, 0.5) is 0 Å². The van der Waals surface area contributed by atoms with Crippen molar-refractivity contribution in [3.05, 3.63) is 35.9 Å². The summed E-state index contributed by atoms with van der Waals surface area (Å²) < 4.78 is 7.35. The minimum Gasteiger partial charge on any atom is -0.508 e. The first-order valence-corrected chi connectivity index (χ1v) is 4.92. The van der Waals surface area contributed by atoms with Gasteiger partial charge < -0.3 is 14.4 Å². The summed E-state index contributed by atoms with van der Waals surface area (Å²) in [4.78, 5) is 0. The minimum absolute atomic E-state index is 0.232. The van der Waals surface area contributed by atoms with Crippen LogP contribution in [0.1, 0.15) is 11.4 Å². The molecule has 1 heterocycles. The van der Waals surface area contributed by atoms with Crippen LogP contribution in [0.15, 0.2) is 24.5 Å². The lowest BCUT2D eigenvalue weighted by molar-refractivity contribution is 0.287. The number of aromatic hydroxyl groups is 1. The van der Waals surface area contributed by atoms with Crippen LogP contribution in [0.3, 0.4) is 0 Å². The van der Waals surface area contributed by atoms with E-state index >= 15 is 0 Å². The molecule has 0 aliphatic carbocycles. The third-order valence-electron chi connectivity index (χ3n) is 2.42. The van der Waals surface area contributed by atoms with E-state index in [2.05, 4.69) is 10.2 Å². The summed E-state index contributed by atoms with van der Waals surface area (Å²) in [6.45, 7) is 2.14. The van der Waals surface area contributed by atoms with Gasteiger partial charge in [-0.15, -0.1) is 10.2 Å². The maximum absolute atomic E-state index is 9.50. The van der Waals surface area contributed by atoms with Gasteiger partial charge in [-0.05, 0) is 19.1 Å². The fourth-order valence-corrected chi connectivity index (χ4v) is 1.34. The molecule has 0 amide bonds. The van der Waals surface area contributed by atoms with E-state index in [-0.39, 0.29) is 5.75 Å². The molecule has 1 N–H and O–H groups in total. The molecule has 16 heavy (non-hydrogen) atoms. The zero-order chi connectivity index (χ0) is 11.5. The molecule has 0 unspecified atom stereocenters. The van der Waals surface area contributed by atoms with Crippen molar-refractivity contribution in [3.63, 3.8) is 0 Å². The Hall–Kier alpha value is -2.04. The lowest BCUT2D eigenvalue weighted by Gasteiger charge is -2.09. The van der Waals surface area contributed by atoms with E-state index < -0.39 is 0 Å². The van der Waals surface area contributed by atoms with E-state index in [4.69, 9.17) is 4.74 Å². The van der Waals surface area contributed by atoms with Gasteiger partial charge in [0.2, 0.25) is 0 Å². The lowest BCUT2D eigenvalue weighted by Crippen LogP contribution is -2.03. The van der Waals surface area contributed by atoms with Gasteiger partial charge in [0.15, 0.2) is 5.82 Å². The number of ether oxygens (including phenoxy) is 1. The molecule has 0 radical (unpaired) electrons. The van der Waals surface area contributed by atoms with Crippen LogP contribution in [0.2, 0.25) is 0 Å². The topological polar surface area (TPSA) is 60.2 Å². The SMILES string of the molecule is Cc1c(O)cccc1OCc1nncn1C. The molecule has 1 aromatic carbocycles. The van der Waals surface area contributed by atoms with Gasteiger partial charge in [0.05, 0.1) is 0 Å². The summed E-state index contributed by atoms with van der Waals surface area (Å²) in [6.07, 6.45) is 1.62. The molecule has 2 aromatic rings. The predicted molar refractivity (Wildman–Crippen MR) is 58.2 cm³/mol. The number of phenolic OH excluding ortho intramolecular Hbond substituents is 1. The quantitative estimate of drug-likeness (QED) is 0.847. The maximum atomic E-state index is 9.50. The zero-order valence-electron chi connectivity index (χ0n) is 9.21. The molecule has 0 aliphatic rings. The van der Waals surface area contributed by atoms with Crippen molar-refractivity contribution in [3.8, 4) is 11.5 Å². The van der Waals surface area contributed by atoms with E-state index in [1.54, 1.807) is 30.0 Å². The van der Waals surface area contributed by atoms with Gasteiger partial charge >= 0.3 is 0 Å². The van der Waals surface area contributed by atoms with E-state index in [0.29, 0.717) is 12.4 Å². The van der Waals surface area contributed by atoms with Crippen LogP contribution in [-0.2, 0) is 13.7 Å². The summed E-state index contributed by atoms with van der Waals surface area (Å²) in [5, 5.41) is 17.2. The predicted octanol–water partition coefficient (Wildman–Crippen LogP) is 1.41. The maximum Gasteiger partial charge on any atom is 0.170 e. The summed E-state index contributed by atoms with van der Waals surface area (Å²) in [7, 11) is 1.86. The van der Waals surface area contributed by atoms with Gasteiger partial charge in [-0.3, -0.25) is 0 Å². The molecule has 0 saturated carbocycles. The summed E-state index contributed by atoms with van der Waals surface area (Å²) in [5.74, 6) is 1.63. The van der Waals surface area contributed by atoms with Crippen molar-refractivity contribution in [2.75, 3.05) is 0 Å². The number of nitrogens with zero attached hydrogens (tertiary/aromatic N) is 3. The molecule has 0 fully saturated rings. The second-order valence-corrected chi connectivity index (χ2v) is 3.55. The smallest absolute Gasteiger partial charge is 0.170 e. The molecule has 5 nitrogen and oxygen atoms in total. The number of hydrogen-bond donors (Lipinski definition) is 1. The standard InChI is InChI=1S/C11H13N3O2/c1-8-9(15)4-3-5-10(8)16-6-11-13-12-7-14(11)2/h3-5,7,15H,6H2,1-2H3. The van der Waals surface area contributed by atoms with Crippen LogP contribution < -0.4 is 4.74 Å². The Morgan fingerprint density at radius 3 is 2.94 bits per heavy atom. The summed E-state index contributed by atoms with van der Waals surface area (Å²) >= 11 is 0. The molecule has 0 aliphatic heterocycles. The molecule has 2 rings (SSSR count). The van der Waals surface area contributed by atoms with Gasteiger partial charge in [-0.1, -0.05) is 6.07 Å². The average Bonchev–Trinajstić information content (AvgIpc) is 2.67. The highest BCUT2D eigenvalue weighted by Crippen LogP contribution is 2.26. The highest BCUT2D eigenvalue weighted by Gasteiger charge is 2.06. The first-order valence-electron chi connectivity index (χ1n) is 4.92. The average molecular weight is 219 g/mol. The van der Waals surface area contributed by atoms with Crippen LogP contribution in [-0.4, -0.2) is 19.9 Å². The van der Waals surface area contributed by atoms with Gasteiger partial charge in [-0.2, -0.15) is 0 Å². The second-order valence-electron chi connectivity index (χ2n) is 3.55. The molecular weight excluding hydrogens is 206 g/mol. The highest BCUT2D eigenvalue weighted by atomic mass is 16.5. The Bertz CT molecular complexity index is 494. The van der Waals surface area contributed by atoms with Gasteiger partial charge in [0.1, 0.15) is 24.4 Å². The van der Waals surface area contributed by atoms with Crippen LogP contribution in [0.5, 0.6) is 11.5 Å². The van der Waals surface area contributed by atoms with Gasteiger partial charge in [0, 0.05) is 12.6 Å². The van der Waals surface area contributed by atoms with E-state index in [1.165, 1.54) is 0 Å². The minimum atomic E-state index is 0.232. The van der Waals surface area contributed by atoms with Crippen molar-refractivity contribution >= 4 is 0 Å². The first-order chi connectivity index (χ1) is 7.68. The van der Waals surface area contributed by atoms with Crippen LogP contribution >= 0.6 is 0 Å². The largest absolute Gasteiger partial charge is 0.508 e. The number of hydrogen-bond acceptors (Lipinski definition) is 4. The molecule has 1 aromatic heterocycles. The van der Waals surface area contributed by atoms with Gasteiger partial charge in [0.25, 0.3) is 0 Å². The number of aryl methyl sites for hydroxylation is 1. The first kappa shape index (κ1) is 10.5. The Morgan fingerprint density at radius 1 is 1.44 bits per heavy atom. The van der Waals surface area contributed by atoms with E-state index in [1.807, 2.05) is 13.1 Å². The second kappa shape index (κ2) is 4.22. The number of rotatable bonds is 3. The van der Waals surface area contributed by atoms with Gasteiger partial charge in [-0.25, -0.2) is 0 Å². The van der Waals surface area contributed by atoms with Crippen LogP contribution in [0.25, 0.3) is 0 Å². The Morgan fingerprint density at radius 2 is 2.25 bits per heavy atom. The molecular formula is C11H13N3O2. The van der Waals surface area contributed by atoms with Crippen LogP contribution in [0, 0.1) is 6.92 Å². The number of benzene rings is 1. The highest BCUT2D eigenvalue weighted by molar-refractivity contribution is 5.42. The Balaban J connectivity index is 2.11.